The highest BCUT2D eigenvalue weighted by atomic mass is 32.1. The molecule has 0 aliphatic rings. The van der Waals surface area contributed by atoms with Gasteiger partial charge in [-0.05, 0) is 31.4 Å². The largest absolute Gasteiger partial charge is 0.305 e. The number of amides is 1. The Morgan fingerprint density at radius 1 is 1.35 bits per heavy atom. The van der Waals surface area contributed by atoms with Gasteiger partial charge in [0.15, 0.2) is 5.82 Å². The van der Waals surface area contributed by atoms with E-state index in [2.05, 4.69) is 20.4 Å². The number of carbonyl (C=O) groups is 1. The lowest BCUT2D eigenvalue weighted by atomic mass is 10.3. The van der Waals surface area contributed by atoms with Crippen molar-refractivity contribution in [2.24, 2.45) is 0 Å². The third kappa shape index (κ3) is 2.95. The molecule has 8 heteroatoms. The average molecular weight is 324 g/mol. The molecule has 0 bridgehead atoms. The van der Waals surface area contributed by atoms with Crippen molar-refractivity contribution in [1.82, 2.24) is 19.7 Å². The van der Waals surface area contributed by atoms with Crippen molar-refractivity contribution >= 4 is 23.1 Å². The minimum absolute atomic E-state index is 0.248. The Balaban J connectivity index is 2.04. The van der Waals surface area contributed by atoms with Crippen molar-refractivity contribution in [1.29, 1.82) is 5.26 Å². The van der Waals surface area contributed by atoms with Crippen molar-refractivity contribution in [2.75, 3.05) is 5.32 Å². The number of hydrogen-bond donors (Lipinski definition) is 1. The average Bonchev–Trinajstić information content (AvgIpc) is 3.15. The van der Waals surface area contributed by atoms with Crippen molar-refractivity contribution in [2.45, 2.75) is 13.8 Å². The summed E-state index contributed by atoms with van der Waals surface area (Å²) in [5, 5.41) is 17.9. The topological polar surface area (TPSA) is 96.5 Å². The summed E-state index contributed by atoms with van der Waals surface area (Å²) in [5.41, 5.74) is 1.80. The summed E-state index contributed by atoms with van der Waals surface area (Å²) < 4.78 is 1.37. The number of nitrogens with zero attached hydrogens (tertiary/aromatic N) is 5. The molecular formula is C15H12N6OS. The van der Waals surface area contributed by atoms with Crippen LogP contribution >= 0.6 is 11.3 Å². The molecule has 3 aromatic rings. The number of nitrogens with one attached hydrogen (secondary N) is 1. The zero-order valence-corrected chi connectivity index (χ0v) is 13.3. The molecule has 0 aromatic carbocycles. The molecule has 0 aliphatic carbocycles. The third-order valence-corrected chi connectivity index (χ3v) is 3.90. The quantitative estimate of drug-likeness (QED) is 0.798. The lowest BCUT2D eigenvalue weighted by Crippen LogP contribution is -2.16. The molecule has 1 amide bonds. The molecule has 0 radical (unpaired) electrons. The molecule has 0 atom stereocenters. The Hall–Kier alpha value is -3.05. The van der Waals surface area contributed by atoms with Gasteiger partial charge in [-0.1, -0.05) is 6.07 Å². The summed E-state index contributed by atoms with van der Waals surface area (Å²) in [7, 11) is 0. The third-order valence-electron chi connectivity index (χ3n) is 3.03. The van der Waals surface area contributed by atoms with Gasteiger partial charge in [-0.15, -0.1) is 11.3 Å². The van der Waals surface area contributed by atoms with Gasteiger partial charge in [0.05, 0.1) is 11.1 Å². The summed E-state index contributed by atoms with van der Waals surface area (Å²) >= 11 is 1.32. The molecule has 0 saturated carbocycles. The van der Waals surface area contributed by atoms with E-state index < -0.39 is 0 Å². The van der Waals surface area contributed by atoms with Crippen LogP contribution in [0.3, 0.4) is 0 Å². The maximum absolute atomic E-state index is 12.3. The molecule has 3 rings (SSSR count). The number of hydrogen-bond acceptors (Lipinski definition) is 6. The number of carbonyl (C=O) groups excluding carboxylic acids is 1. The number of thiophene rings is 1. The van der Waals surface area contributed by atoms with Gasteiger partial charge in [0.1, 0.15) is 11.6 Å². The normalized spacial score (nSPS) is 10.3. The zero-order valence-electron chi connectivity index (χ0n) is 12.4. The monoisotopic (exact) mass is 324 g/mol. The first-order valence-electron chi connectivity index (χ1n) is 6.74. The smallest absolute Gasteiger partial charge is 0.266 e. The summed E-state index contributed by atoms with van der Waals surface area (Å²) in [6.45, 7) is 3.69. The molecule has 23 heavy (non-hydrogen) atoms. The van der Waals surface area contributed by atoms with Crippen molar-refractivity contribution < 1.29 is 4.79 Å². The maximum Gasteiger partial charge on any atom is 0.266 e. The number of aromatic nitrogens is 4. The van der Waals surface area contributed by atoms with Crippen LogP contribution in [0.2, 0.25) is 0 Å². The molecule has 0 unspecified atom stereocenters. The molecule has 3 heterocycles. The summed E-state index contributed by atoms with van der Waals surface area (Å²) in [6, 6.07) is 7.35. The standard InChI is InChI=1S/C15H12N6OS/c1-9-6-10(2)19-15(18-9)21-13(11(7-16)8-17-21)20-14(22)12-4-3-5-23-12/h3-6,8H,1-2H3,(H,20,22). The Morgan fingerprint density at radius 3 is 2.70 bits per heavy atom. The van der Waals surface area contributed by atoms with Crippen LogP contribution in [0.4, 0.5) is 5.82 Å². The van der Waals surface area contributed by atoms with Gasteiger partial charge in [0, 0.05) is 11.4 Å². The Kier molecular flexibility index (Phi) is 3.87. The van der Waals surface area contributed by atoms with Crippen LogP contribution in [0.1, 0.15) is 26.6 Å². The van der Waals surface area contributed by atoms with Gasteiger partial charge in [-0.25, -0.2) is 9.97 Å². The fraction of sp³-hybridized carbons (Fsp3) is 0.133. The van der Waals surface area contributed by atoms with Crippen LogP contribution in [-0.4, -0.2) is 25.7 Å². The fourth-order valence-electron chi connectivity index (χ4n) is 2.08. The highest BCUT2D eigenvalue weighted by molar-refractivity contribution is 7.12. The Bertz CT molecular complexity index is 886. The van der Waals surface area contributed by atoms with Gasteiger partial charge in [0.25, 0.3) is 11.9 Å². The zero-order chi connectivity index (χ0) is 16.4. The Morgan fingerprint density at radius 2 is 2.09 bits per heavy atom. The molecular weight excluding hydrogens is 312 g/mol. The van der Waals surface area contributed by atoms with Crippen molar-refractivity contribution in [3.63, 3.8) is 0 Å². The van der Waals surface area contributed by atoms with E-state index in [1.807, 2.05) is 31.4 Å². The maximum atomic E-state index is 12.3. The second-order valence-corrected chi connectivity index (χ2v) is 5.76. The van der Waals surface area contributed by atoms with E-state index in [0.717, 1.165) is 11.4 Å². The number of anilines is 1. The number of rotatable bonds is 3. The molecule has 3 aromatic heterocycles. The van der Waals surface area contributed by atoms with Crippen LogP contribution in [0.25, 0.3) is 5.95 Å². The van der Waals surface area contributed by atoms with Crippen LogP contribution in [-0.2, 0) is 0 Å². The molecule has 0 spiro atoms. The van der Waals surface area contributed by atoms with Gasteiger partial charge in [-0.3, -0.25) is 4.79 Å². The predicted octanol–water partition coefficient (Wildman–Crippen LogP) is 2.46. The second-order valence-electron chi connectivity index (χ2n) is 4.81. The predicted molar refractivity (Wildman–Crippen MR) is 85.6 cm³/mol. The van der Waals surface area contributed by atoms with Crippen LogP contribution < -0.4 is 5.32 Å². The minimum atomic E-state index is -0.303. The molecule has 114 valence electrons. The van der Waals surface area contributed by atoms with Gasteiger partial charge < -0.3 is 5.32 Å². The van der Waals surface area contributed by atoms with E-state index in [4.69, 9.17) is 0 Å². The van der Waals surface area contributed by atoms with E-state index in [9.17, 15) is 10.1 Å². The summed E-state index contributed by atoms with van der Waals surface area (Å²) in [5.74, 6) is 0.268. The van der Waals surface area contributed by atoms with Gasteiger partial charge in [-0.2, -0.15) is 15.0 Å². The molecule has 0 fully saturated rings. The van der Waals surface area contributed by atoms with E-state index in [1.165, 1.54) is 22.2 Å². The molecule has 0 aliphatic heterocycles. The van der Waals surface area contributed by atoms with Gasteiger partial charge >= 0.3 is 0 Å². The lowest BCUT2D eigenvalue weighted by molar-refractivity contribution is 0.103. The molecule has 1 N–H and O–H groups in total. The van der Waals surface area contributed by atoms with E-state index in [0.29, 0.717) is 10.8 Å². The first-order chi connectivity index (χ1) is 11.1. The van der Waals surface area contributed by atoms with Crippen LogP contribution in [0.5, 0.6) is 0 Å². The number of aryl methyl sites for hydroxylation is 2. The van der Waals surface area contributed by atoms with Crippen molar-refractivity contribution in [3.8, 4) is 12.0 Å². The van der Waals surface area contributed by atoms with E-state index in [1.54, 1.807) is 12.1 Å². The molecule has 7 nitrogen and oxygen atoms in total. The highest BCUT2D eigenvalue weighted by Crippen LogP contribution is 2.20. The van der Waals surface area contributed by atoms with Crippen molar-refractivity contribution in [3.05, 3.63) is 51.6 Å². The van der Waals surface area contributed by atoms with Gasteiger partial charge in [0.2, 0.25) is 0 Å². The minimum Gasteiger partial charge on any atom is -0.305 e. The number of nitriles is 1. The fourth-order valence-corrected chi connectivity index (χ4v) is 2.70. The Labute approximate surface area is 136 Å². The van der Waals surface area contributed by atoms with Crippen LogP contribution in [0, 0.1) is 25.2 Å². The lowest BCUT2D eigenvalue weighted by Gasteiger charge is -2.08. The highest BCUT2D eigenvalue weighted by Gasteiger charge is 2.18. The van der Waals surface area contributed by atoms with Crippen LogP contribution in [0.15, 0.2) is 29.8 Å². The van der Waals surface area contributed by atoms with E-state index >= 15 is 0 Å². The first-order valence-corrected chi connectivity index (χ1v) is 7.62. The SMILES string of the molecule is Cc1cc(C)nc(-n2ncc(C#N)c2NC(=O)c2cccs2)n1. The van der Waals surface area contributed by atoms with E-state index in [-0.39, 0.29) is 17.3 Å². The first kappa shape index (κ1) is 14.9. The molecule has 0 saturated heterocycles. The summed E-state index contributed by atoms with van der Waals surface area (Å²) in [4.78, 5) is 21.4. The summed E-state index contributed by atoms with van der Waals surface area (Å²) in [6.07, 6.45) is 1.38. The second kappa shape index (κ2) is 5.98.